The molecule has 0 spiro atoms. The van der Waals surface area contributed by atoms with E-state index < -0.39 is 0 Å². The molecule has 2 aromatic carbocycles. The summed E-state index contributed by atoms with van der Waals surface area (Å²) in [6, 6.07) is 9.82. The van der Waals surface area contributed by atoms with Crippen LogP contribution in [-0.4, -0.2) is 36.2 Å². The topological polar surface area (TPSA) is 50.8 Å². The van der Waals surface area contributed by atoms with Crippen LogP contribution < -0.4 is 14.8 Å². The van der Waals surface area contributed by atoms with E-state index in [-0.39, 0.29) is 5.91 Å². The molecule has 1 aliphatic rings. The molecule has 0 saturated carbocycles. The third kappa shape index (κ3) is 3.30. The van der Waals surface area contributed by atoms with Gasteiger partial charge in [-0.15, -0.1) is 0 Å². The highest BCUT2D eigenvalue weighted by Gasteiger charge is 2.27. The Hall–Kier alpha value is -2.60. The molecule has 0 aromatic heterocycles. The molecule has 0 unspecified atom stereocenters. The number of nitrogens with one attached hydrogen (secondary N) is 1. The van der Waals surface area contributed by atoms with Crippen molar-refractivity contribution in [3.63, 3.8) is 0 Å². The van der Waals surface area contributed by atoms with Gasteiger partial charge in [-0.05, 0) is 61.1 Å². The SMILES string of the molecule is CCOc1ccc2ccc(OCC)c(/C=C3/NC(=S)N(C)C3=O)c2c1. The first-order chi connectivity index (χ1) is 12.0. The van der Waals surface area contributed by atoms with Gasteiger partial charge in [-0.3, -0.25) is 9.69 Å². The van der Waals surface area contributed by atoms with Gasteiger partial charge in [-0.25, -0.2) is 0 Å². The summed E-state index contributed by atoms with van der Waals surface area (Å²) in [5, 5.41) is 5.35. The molecule has 130 valence electrons. The second kappa shape index (κ2) is 7.11. The Balaban J connectivity index is 2.19. The zero-order valence-electron chi connectivity index (χ0n) is 14.5. The van der Waals surface area contributed by atoms with Gasteiger partial charge in [0.25, 0.3) is 5.91 Å². The van der Waals surface area contributed by atoms with E-state index in [2.05, 4.69) is 5.32 Å². The fourth-order valence-electron chi connectivity index (χ4n) is 2.76. The van der Waals surface area contributed by atoms with Gasteiger partial charge in [0.2, 0.25) is 0 Å². The van der Waals surface area contributed by atoms with Crippen molar-refractivity contribution in [2.45, 2.75) is 13.8 Å². The van der Waals surface area contributed by atoms with Crippen LogP contribution in [0.2, 0.25) is 0 Å². The van der Waals surface area contributed by atoms with Crippen LogP contribution in [0.25, 0.3) is 16.8 Å². The standard InChI is InChI=1S/C19H20N2O3S/c1-4-23-13-8-6-12-7-9-17(24-5-2)15(14(12)10-13)11-16-18(22)21(3)19(25)20-16/h6-11H,4-5H2,1-3H3,(H,20,25)/b16-11+. The lowest BCUT2D eigenvalue weighted by atomic mass is 10.0. The minimum absolute atomic E-state index is 0.162. The third-order valence-corrected chi connectivity index (χ3v) is 4.35. The first-order valence-corrected chi connectivity index (χ1v) is 8.59. The quantitative estimate of drug-likeness (QED) is 0.658. The number of rotatable bonds is 5. The van der Waals surface area contributed by atoms with Crippen LogP contribution >= 0.6 is 12.2 Å². The molecule has 1 saturated heterocycles. The zero-order chi connectivity index (χ0) is 18.0. The van der Waals surface area contributed by atoms with Crippen LogP contribution in [0.5, 0.6) is 11.5 Å². The minimum atomic E-state index is -0.162. The van der Waals surface area contributed by atoms with Gasteiger partial charge in [0.15, 0.2) is 5.11 Å². The van der Waals surface area contributed by atoms with Crippen molar-refractivity contribution in [3.05, 3.63) is 41.6 Å². The van der Waals surface area contributed by atoms with E-state index in [9.17, 15) is 4.79 Å². The Bertz CT molecular complexity index is 871. The third-order valence-electron chi connectivity index (χ3n) is 3.98. The lowest BCUT2D eigenvalue weighted by Gasteiger charge is -2.13. The summed E-state index contributed by atoms with van der Waals surface area (Å²) in [4.78, 5) is 13.8. The van der Waals surface area contributed by atoms with Crippen molar-refractivity contribution in [2.75, 3.05) is 20.3 Å². The highest BCUT2D eigenvalue weighted by atomic mass is 32.1. The van der Waals surface area contributed by atoms with Crippen molar-refractivity contribution >= 4 is 40.1 Å². The van der Waals surface area contributed by atoms with Crippen LogP contribution in [0.1, 0.15) is 19.4 Å². The number of hydrogen-bond donors (Lipinski definition) is 1. The molecule has 3 rings (SSSR count). The number of carbonyl (C=O) groups is 1. The second-order valence-corrected chi connectivity index (χ2v) is 5.97. The molecule has 2 aromatic rings. The highest BCUT2D eigenvalue weighted by molar-refractivity contribution is 7.80. The fourth-order valence-corrected chi connectivity index (χ4v) is 2.95. The Labute approximate surface area is 152 Å². The zero-order valence-corrected chi connectivity index (χ0v) is 15.3. The maximum Gasteiger partial charge on any atom is 0.276 e. The number of benzene rings is 2. The molecule has 1 aliphatic heterocycles. The maximum absolute atomic E-state index is 12.3. The molecule has 5 nitrogen and oxygen atoms in total. The number of hydrogen-bond acceptors (Lipinski definition) is 4. The predicted molar refractivity (Wildman–Crippen MR) is 103 cm³/mol. The van der Waals surface area contributed by atoms with Crippen LogP contribution in [-0.2, 0) is 4.79 Å². The molecule has 1 amide bonds. The van der Waals surface area contributed by atoms with Crippen molar-refractivity contribution in [1.29, 1.82) is 0 Å². The summed E-state index contributed by atoms with van der Waals surface area (Å²) in [6.45, 7) is 5.00. The first kappa shape index (κ1) is 17.2. The van der Waals surface area contributed by atoms with Gasteiger partial charge >= 0.3 is 0 Å². The number of nitrogens with zero attached hydrogens (tertiary/aromatic N) is 1. The van der Waals surface area contributed by atoms with E-state index >= 15 is 0 Å². The van der Waals surface area contributed by atoms with Gasteiger partial charge in [0.05, 0.1) is 13.2 Å². The van der Waals surface area contributed by atoms with Crippen LogP contribution in [0, 0.1) is 0 Å². The minimum Gasteiger partial charge on any atom is -0.494 e. The monoisotopic (exact) mass is 356 g/mol. The lowest BCUT2D eigenvalue weighted by Crippen LogP contribution is -2.25. The summed E-state index contributed by atoms with van der Waals surface area (Å²) in [5.74, 6) is 1.33. The molecule has 1 fully saturated rings. The summed E-state index contributed by atoms with van der Waals surface area (Å²) in [6.07, 6.45) is 1.79. The molecule has 0 radical (unpaired) electrons. The van der Waals surface area contributed by atoms with Crippen molar-refractivity contribution in [3.8, 4) is 11.5 Å². The normalized spacial score (nSPS) is 15.8. The lowest BCUT2D eigenvalue weighted by molar-refractivity contribution is -0.121. The molecule has 1 heterocycles. The van der Waals surface area contributed by atoms with E-state index in [1.807, 2.05) is 44.2 Å². The molecule has 0 aliphatic carbocycles. The smallest absolute Gasteiger partial charge is 0.276 e. The largest absolute Gasteiger partial charge is 0.494 e. The number of likely N-dealkylation sites (N-methyl/N-ethyl adjacent to an activating group) is 1. The maximum atomic E-state index is 12.3. The Morgan fingerprint density at radius 3 is 2.52 bits per heavy atom. The first-order valence-electron chi connectivity index (χ1n) is 8.18. The van der Waals surface area contributed by atoms with E-state index in [0.29, 0.717) is 29.8 Å². The molecule has 1 N–H and O–H groups in total. The second-order valence-electron chi connectivity index (χ2n) is 5.58. The number of ether oxygens (including phenoxy) is 2. The Morgan fingerprint density at radius 1 is 1.16 bits per heavy atom. The summed E-state index contributed by atoms with van der Waals surface area (Å²) in [5.41, 5.74) is 1.26. The average Bonchev–Trinajstić information content (AvgIpc) is 2.84. The number of thiocarbonyl (C=S) groups is 1. The Morgan fingerprint density at radius 2 is 1.88 bits per heavy atom. The average molecular weight is 356 g/mol. The fraction of sp³-hybridized carbons (Fsp3) is 0.263. The highest BCUT2D eigenvalue weighted by Crippen LogP contribution is 2.33. The van der Waals surface area contributed by atoms with E-state index in [1.165, 1.54) is 4.90 Å². The summed E-state index contributed by atoms with van der Waals surface area (Å²) < 4.78 is 11.4. The molecule has 6 heteroatoms. The van der Waals surface area contributed by atoms with Gasteiger partial charge in [-0.1, -0.05) is 12.1 Å². The predicted octanol–water partition coefficient (Wildman–Crippen LogP) is 3.32. The Kier molecular flexibility index (Phi) is 4.90. The van der Waals surface area contributed by atoms with Crippen molar-refractivity contribution in [1.82, 2.24) is 10.2 Å². The van der Waals surface area contributed by atoms with Crippen LogP contribution in [0.15, 0.2) is 36.0 Å². The number of fused-ring (bicyclic) bond motifs is 1. The van der Waals surface area contributed by atoms with Gasteiger partial charge < -0.3 is 14.8 Å². The van der Waals surface area contributed by atoms with E-state index in [0.717, 1.165) is 22.1 Å². The van der Waals surface area contributed by atoms with Crippen LogP contribution in [0.4, 0.5) is 0 Å². The van der Waals surface area contributed by atoms with Gasteiger partial charge in [0, 0.05) is 12.6 Å². The number of carbonyl (C=O) groups excluding carboxylic acids is 1. The summed E-state index contributed by atoms with van der Waals surface area (Å²) >= 11 is 5.15. The van der Waals surface area contributed by atoms with Gasteiger partial charge in [0.1, 0.15) is 17.2 Å². The van der Waals surface area contributed by atoms with E-state index in [1.54, 1.807) is 13.1 Å². The summed E-state index contributed by atoms with van der Waals surface area (Å²) in [7, 11) is 1.65. The van der Waals surface area contributed by atoms with E-state index in [4.69, 9.17) is 21.7 Å². The van der Waals surface area contributed by atoms with Crippen LogP contribution in [0.3, 0.4) is 0 Å². The molecule has 0 atom stereocenters. The molecule has 25 heavy (non-hydrogen) atoms. The molecule has 0 bridgehead atoms. The molecular formula is C19H20N2O3S. The van der Waals surface area contributed by atoms with Crippen molar-refractivity contribution < 1.29 is 14.3 Å². The molecular weight excluding hydrogens is 336 g/mol. The van der Waals surface area contributed by atoms with Gasteiger partial charge in [-0.2, -0.15) is 0 Å². The van der Waals surface area contributed by atoms with Crippen molar-refractivity contribution in [2.24, 2.45) is 0 Å². The number of amides is 1.